The average molecular weight is 511 g/mol. The fourth-order valence-corrected chi connectivity index (χ4v) is 5.07. The number of aryl methyl sites for hydroxylation is 1. The molecular formula is C33H52NO3+. The van der Waals surface area contributed by atoms with Crippen LogP contribution >= 0.6 is 0 Å². The third kappa shape index (κ3) is 13.2. The van der Waals surface area contributed by atoms with Gasteiger partial charge in [0.05, 0.1) is 20.6 Å². The number of esters is 1. The average Bonchev–Trinajstić information content (AvgIpc) is 2.86. The molecule has 4 nitrogen and oxygen atoms in total. The second-order valence-corrected chi connectivity index (χ2v) is 11.3. The van der Waals surface area contributed by atoms with Crippen LogP contribution in [-0.4, -0.2) is 37.4 Å². The minimum Gasteiger partial charge on any atom is -0.455 e. The zero-order chi connectivity index (χ0) is 26.9. The summed E-state index contributed by atoms with van der Waals surface area (Å²) in [7, 11) is 4.31. The van der Waals surface area contributed by atoms with Crippen molar-refractivity contribution >= 4 is 5.97 Å². The number of ether oxygens (including phenoxy) is 2. The van der Waals surface area contributed by atoms with Gasteiger partial charge in [-0.25, -0.2) is 0 Å². The molecule has 0 N–H and O–H groups in total. The van der Waals surface area contributed by atoms with E-state index in [0.29, 0.717) is 6.54 Å². The van der Waals surface area contributed by atoms with Crippen LogP contribution in [0, 0.1) is 5.92 Å². The maximum atomic E-state index is 12.8. The predicted octanol–water partition coefficient (Wildman–Crippen LogP) is 8.33. The SMILES string of the molecule is CCCCCCCCCCCCc1ccccc1OC(C)OC(=O)C(C)C[N+](C)(C)Cc1ccccc1. The van der Waals surface area contributed by atoms with Crippen molar-refractivity contribution in [3.05, 3.63) is 65.7 Å². The Morgan fingerprint density at radius 3 is 2.00 bits per heavy atom. The van der Waals surface area contributed by atoms with Gasteiger partial charge in [-0.3, -0.25) is 4.79 Å². The van der Waals surface area contributed by atoms with Crippen LogP contribution in [0.4, 0.5) is 0 Å². The fourth-order valence-electron chi connectivity index (χ4n) is 5.07. The van der Waals surface area contributed by atoms with E-state index in [1.165, 1.54) is 68.9 Å². The minimum absolute atomic E-state index is 0.209. The Morgan fingerprint density at radius 2 is 1.35 bits per heavy atom. The highest BCUT2D eigenvalue weighted by Gasteiger charge is 2.27. The van der Waals surface area contributed by atoms with Crippen molar-refractivity contribution in [1.82, 2.24) is 0 Å². The molecule has 0 amide bonds. The lowest BCUT2D eigenvalue weighted by Crippen LogP contribution is -2.44. The first kappa shape index (κ1) is 30.9. The Balaban J connectivity index is 1.72. The van der Waals surface area contributed by atoms with Crippen molar-refractivity contribution in [2.24, 2.45) is 5.92 Å². The van der Waals surface area contributed by atoms with Crippen LogP contribution in [0.15, 0.2) is 54.6 Å². The van der Waals surface area contributed by atoms with Gasteiger partial charge in [0, 0.05) is 12.5 Å². The lowest BCUT2D eigenvalue weighted by molar-refractivity contribution is -0.905. The van der Waals surface area contributed by atoms with Gasteiger partial charge in [-0.15, -0.1) is 0 Å². The molecule has 0 bridgehead atoms. The maximum absolute atomic E-state index is 12.8. The van der Waals surface area contributed by atoms with Crippen molar-refractivity contribution in [2.45, 2.75) is 104 Å². The first-order valence-electron chi connectivity index (χ1n) is 14.6. The third-order valence-corrected chi connectivity index (χ3v) is 6.97. The molecule has 2 rings (SSSR count). The number of nitrogens with zero attached hydrogens (tertiary/aromatic N) is 1. The lowest BCUT2D eigenvalue weighted by Gasteiger charge is -2.32. The largest absolute Gasteiger partial charge is 0.455 e. The van der Waals surface area contributed by atoms with Gasteiger partial charge in [0.1, 0.15) is 18.2 Å². The molecule has 206 valence electrons. The van der Waals surface area contributed by atoms with Gasteiger partial charge in [-0.2, -0.15) is 0 Å². The van der Waals surface area contributed by atoms with Gasteiger partial charge in [0.2, 0.25) is 6.29 Å². The topological polar surface area (TPSA) is 35.5 Å². The number of para-hydroxylation sites is 1. The highest BCUT2D eigenvalue weighted by molar-refractivity contribution is 5.72. The van der Waals surface area contributed by atoms with Crippen molar-refractivity contribution in [1.29, 1.82) is 0 Å². The first-order chi connectivity index (χ1) is 17.8. The second kappa shape index (κ2) is 17.2. The van der Waals surface area contributed by atoms with E-state index in [-0.39, 0.29) is 11.9 Å². The highest BCUT2D eigenvalue weighted by Crippen LogP contribution is 2.23. The van der Waals surface area contributed by atoms with E-state index in [2.05, 4.69) is 57.4 Å². The standard InChI is InChI=1S/C33H52NO3/c1-6-7-8-9-10-11-12-13-14-18-23-31-24-19-20-25-32(31)36-29(3)37-33(35)28(2)26-34(4,5)27-30-21-16-15-17-22-30/h15-17,19-22,24-25,28-29H,6-14,18,23,26-27H2,1-5H3/q+1. The van der Waals surface area contributed by atoms with E-state index < -0.39 is 6.29 Å². The molecule has 2 aromatic rings. The summed E-state index contributed by atoms with van der Waals surface area (Å²) in [6.07, 6.45) is 13.7. The molecule has 0 aromatic heterocycles. The summed E-state index contributed by atoms with van der Waals surface area (Å²) >= 11 is 0. The van der Waals surface area contributed by atoms with Gasteiger partial charge in [-0.1, -0.05) is 113 Å². The molecule has 0 heterocycles. The number of unbranched alkanes of at least 4 members (excludes halogenated alkanes) is 9. The van der Waals surface area contributed by atoms with Crippen LogP contribution in [0.3, 0.4) is 0 Å². The number of carbonyl (C=O) groups excluding carboxylic acids is 1. The van der Waals surface area contributed by atoms with Gasteiger partial charge >= 0.3 is 5.97 Å². The number of rotatable bonds is 19. The molecule has 0 fully saturated rings. The summed E-state index contributed by atoms with van der Waals surface area (Å²) in [4.78, 5) is 12.8. The zero-order valence-electron chi connectivity index (χ0n) is 24.2. The number of hydrogen-bond donors (Lipinski definition) is 0. The molecule has 2 unspecified atom stereocenters. The molecule has 0 spiro atoms. The molecule has 2 aromatic carbocycles. The smallest absolute Gasteiger partial charge is 0.317 e. The summed E-state index contributed by atoms with van der Waals surface area (Å²) in [5.74, 6) is 0.400. The van der Waals surface area contributed by atoms with Gasteiger partial charge in [0.15, 0.2) is 0 Å². The minimum atomic E-state index is -0.617. The van der Waals surface area contributed by atoms with E-state index in [0.717, 1.165) is 29.6 Å². The number of benzene rings is 2. The second-order valence-electron chi connectivity index (χ2n) is 11.3. The maximum Gasteiger partial charge on any atom is 0.317 e. The van der Waals surface area contributed by atoms with Crippen LogP contribution in [0.5, 0.6) is 5.75 Å². The van der Waals surface area contributed by atoms with Crippen molar-refractivity contribution < 1.29 is 18.8 Å². The predicted molar refractivity (Wildman–Crippen MR) is 154 cm³/mol. The van der Waals surface area contributed by atoms with E-state index in [1.807, 2.05) is 32.0 Å². The lowest BCUT2D eigenvalue weighted by atomic mass is 10.0. The van der Waals surface area contributed by atoms with Crippen LogP contribution in [0.2, 0.25) is 0 Å². The van der Waals surface area contributed by atoms with Crippen LogP contribution in [-0.2, 0) is 22.5 Å². The highest BCUT2D eigenvalue weighted by atomic mass is 16.7. The third-order valence-electron chi connectivity index (χ3n) is 6.97. The van der Waals surface area contributed by atoms with Crippen molar-refractivity contribution in [3.63, 3.8) is 0 Å². The molecule has 2 atom stereocenters. The summed E-state index contributed by atoms with van der Waals surface area (Å²) in [6.45, 7) is 7.60. The first-order valence-corrected chi connectivity index (χ1v) is 14.6. The number of carbonyl (C=O) groups is 1. The summed E-state index contributed by atoms with van der Waals surface area (Å²) < 4.78 is 12.5. The molecule has 0 aliphatic heterocycles. The van der Waals surface area contributed by atoms with E-state index in [4.69, 9.17) is 9.47 Å². The number of hydrogen-bond acceptors (Lipinski definition) is 3. The van der Waals surface area contributed by atoms with Crippen LogP contribution in [0.25, 0.3) is 0 Å². The fraction of sp³-hybridized carbons (Fsp3) is 0.606. The summed E-state index contributed by atoms with van der Waals surface area (Å²) in [5, 5.41) is 0. The van der Waals surface area contributed by atoms with E-state index >= 15 is 0 Å². The Labute approximate surface area is 227 Å². The Morgan fingerprint density at radius 1 is 0.784 bits per heavy atom. The van der Waals surface area contributed by atoms with Gasteiger partial charge in [-0.05, 0) is 31.4 Å². The molecule has 37 heavy (non-hydrogen) atoms. The Hall–Kier alpha value is -2.33. The molecular weight excluding hydrogens is 458 g/mol. The van der Waals surface area contributed by atoms with Crippen LogP contribution < -0.4 is 4.74 Å². The summed E-state index contributed by atoms with van der Waals surface area (Å²) in [5.41, 5.74) is 2.46. The molecule has 0 radical (unpaired) electrons. The van der Waals surface area contributed by atoms with Gasteiger partial charge < -0.3 is 14.0 Å². The molecule has 0 aliphatic carbocycles. The van der Waals surface area contributed by atoms with Crippen molar-refractivity contribution in [3.8, 4) is 5.75 Å². The quantitative estimate of drug-likeness (QED) is 0.0824. The van der Waals surface area contributed by atoms with E-state index in [1.54, 1.807) is 0 Å². The van der Waals surface area contributed by atoms with E-state index in [9.17, 15) is 4.79 Å². The zero-order valence-corrected chi connectivity index (χ0v) is 24.2. The summed E-state index contributed by atoms with van der Waals surface area (Å²) in [6, 6.07) is 18.6. The Bertz CT molecular complexity index is 880. The number of quaternary nitrogens is 1. The Kier molecular flexibility index (Phi) is 14.4. The van der Waals surface area contributed by atoms with Crippen molar-refractivity contribution in [2.75, 3.05) is 20.6 Å². The molecule has 0 saturated carbocycles. The van der Waals surface area contributed by atoms with Gasteiger partial charge in [0.25, 0.3) is 0 Å². The molecule has 0 aliphatic rings. The molecule has 4 heteroatoms. The van der Waals surface area contributed by atoms with Crippen LogP contribution in [0.1, 0.15) is 96.1 Å². The molecule has 0 saturated heterocycles. The normalized spacial score (nSPS) is 13.2. The monoisotopic (exact) mass is 510 g/mol.